The SMILES string of the molecule is CCCCCCCCCCCCc1ccccc1S(=O)(=O)[O-].CCCCCCCCCCCCc1ccccc1S(=O)(=O)[O-].CCCCCCCCCCCCc1ccccc1S(=O)(=O)[O-].CCCCCCCCCCCCc1ccccc1S(=O)(=O)[O-].[W]. The molecular weight excluding hydrogens is 1370 g/mol. The van der Waals surface area contributed by atoms with E-state index in [-0.39, 0.29) is 40.6 Å². The topological polar surface area (TPSA) is 229 Å². The number of aryl methyl sites for hydroxylation is 4. The molecule has 17 heteroatoms. The number of unbranched alkanes of at least 4 members (excludes halogenated alkanes) is 36. The summed E-state index contributed by atoms with van der Waals surface area (Å²) in [5.74, 6) is 0. The van der Waals surface area contributed by atoms with Gasteiger partial charge in [-0.2, -0.15) is 0 Å². The van der Waals surface area contributed by atoms with Crippen LogP contribution in [0.25, 0.3) is 0 Å². The molecular formula is C72H116O12S4W-4. The van der Waals surface area contributed by atoms with Gasteiger partial charge in [0, 0.05) is 21.1 Å². The Morgan fingerprint density at radius 3 is 0.472 bits per heavy atom. The first-order valence-corrected chi connectivity index (χ1v) is 40.0. The Kier molecular flexibility index (Phi) is 52.9. The Morgan fingerprint density at radius 1 is 0.213 bits per heavy atom. The van der Waals surface area contributed by atoms with Crippen LogP contribution < -0.4 is 0 Å². The van der Waals surface area contributed by atoms with Gasteiger partial charge in [-0.25, -0.2) is 33.7 Å². The fraction of sp³-hybridized carbons (Fsp3) is 0.667. The maximum atomic E-state index is 11.2. The molecule has 0 aromatic heterocycles. The maximum Gasteiger partial charge on any atom is 0.124 e. The van der Waals surface area contributed by atoms with Crippen LogP contribution in [0.1, 0.15) is 307 Å². The molecule has 0 radical (unpaired) electrons. The summed E-state index contributed by atoms with van der Waals surface area (Å²) in [5.41, 5.74) is 2.66. The molecule has 0 amide bonds. The summed E-state index contributed by atoms with van der Waals surface area (Å²) in [4.78, 5) is -0.200. The normalized spacial score (nSPS) is 11.6. The van der Waals surface area contributed by atoms with Gasteiger partial charge < -0.3 is 18.2 Å². The van der Waals surface area contributed by atoms with E-state index < -0.39 is 40.5 Å². The van der Waals surface area contributed by atoms with Crippen molar-refractivity contribution in [1.82, 2.24) is 0 Å². The molecule has 0 heterocycles. The molecule has 0 N–H and O–H groups in total. The van der Waals surface area contributed by atoms with Crippen LogP contribution in [-0.4, -0.2) is 51.9 Å². The second-order valence-electron chi connectivity index (χ2n) is 24.0. The van der Waals surface area contributed by atoms with Crippen molar-refractivity contribution in [2.75, 3.05) is 0 Å². The van der Waals surface area contributed by atoms with Crippen LogP contribution in [0.15, 0.2) is 117 Å². The minimum atomic E-state index is -4.35. The van der Waals surface area contributed by atoms with Crippen LogP contribution in [0.5, 0.6) is 0 Å². The van der Waals surface area contributed by atoms with E-state index in [2.05, 4.69) is 27.7 Å². The Morgan fingerprint density at radius 2 is 0.337 bits per heavy atom. The third-order valence-electron chi connectivity index (χ3n) is 16.2. The summed E-state index contributed by atoms with van der Waals surface area (Å²) in [5, 5.41) is 0. The van der Waals surface area contributed by atoms with Crippen LogP contribution in [0.4, 0.5) is 0 Å². The minimum Gasteiger partial charge on any atom is -0.744 e. The maximum absolute atomic E-state index is 11.2. The third-order valence-corrected chi connectivity index (χ3v) is 19.9. The number of hydrogen-bond donors (Lipinski definition) is 0. The number of rotatable bonds is 48. The van der Waals surface area contributed by atoms with Gasteiger partial charge in [0.05, 0.1) is 19.6 Å². The van der Waals surface area contributed by atoms with Gasteiger partial charge in [0.2, 0.25) is 0 Å². The fourth-order valence-electron chi connectivity index (χ4n) is 11.0. The van der Waals surface area contributed by atoms with Crippen molar-refractivity contribution in [2.45, 2.75) is 330 Å². The molecule has 0 atom stereocenters. The van der Waals surface area contributed by atoms with Crippen molar-refractivity contribution in [3.05, 3.63) is 119 Å². The molecule has 0 aliphatic carbocycles. The van der Waals surface area contributed by atoms with Gasteiger partial charge in [0.15, 0.2) is 0 Å². The van der Waals surface area contributed by atoms with Gasteiger partial charge in [-0.05, 0) is 97.9 Å². The molecule has 4 aromatic carbocycles. The Hall–Kier alpha value is -2.79. The standard InChI is InChI=1S/4C18H30O3S.W/c4*1-2-3-4-5-6-7-8-9-10-11-14-17-15-12-13-16-18(17)22(19,20)21;/h4*12-13,15-16H,2-11,14H2,1H3,(H,19,20,21);/p-4. The molecule has 510 valence electrons. The summed E-state index contributed by atoms with van der Waals surface area (Å²) in [6.45, 7) is 8.93. The second-order valence-corrected chi connectivity index (χ2v) is 29.4. The molecule has 0 fully saturated rings. The van der Waals surface area contributed by atoms with E-state index in [1.807, 2.05) is 0 Å². The van der Waals surface area contributed by atoms with Crippen LogP contribution >= 0.6 is 0 Å². The predicted octanol–water partition coefficient (Wildman–Crippen LogP) is 20.2. The largest absolute Gasteiger partial charge is 0.744 e. The van der Waals surface area contributed by atoms with Crippen molar-refractivity contribution in [2.24, 2.45) is 0 Å². The molecule has 12 nitrogen and oxygen atoms in total. The van der Waals surface area contributed by atoms with Gasteiger partial charge in [0.1, 0.15) is 40.5 Å². The average molecular weight is 1490 g/mol. The van der Waals surface area contributed by atoms with E-state index in [4.69, 9.17) is 0 Å². The average Bonchev–Trinajstić information content (AvgIpc) is 3.51. The van der Waals surface area contributed by atoms with E-state index >= 15 is 0 Å². The minimum absolute atomic E-state index is 0. The zero-order chi connectivity index (χ0) is 65.0. The monoisotopic (exact) mass is 1480 g/mol. The van der Waals surface area contributed by atoms with E-state index in [0.29, 0.717) is 47.9 Å². The summed E-state index contributed by atoms with van der Waals surface area (Å²) in [7, 11) is -17.4. The van der Waals surface area contributed by atoms with E-state index in [1.165, 1.54) is 230 Å². The van der Waals surface area contributed by atoms with Crippen molar-refractivity contribution >= 4 is 40.5 Å². The second kappa shape index (κ2) is 54.6. The molecule has 0 spiro atoms. The smallest absolute Gasteiger partial charge is 0.124 e. The van der Waals surface area contributed by atoms with Crippen molar-refractivity contribution in [3.63, 3.8) is 0 Å². The van der Waals surface area contributed by atoms with Gasteiger partial charge in [-0.15, -0.1) is 0 Å². The van der Waals surface area contributed by atoms with Crippen molar-refractivity contribution in [1.29, 1.82) is 0 Å². The van der Waals surface area contributed by atoms with Gasteiger partial charge >= 0.3 is 0 Å². The molecule has 0 aliphatic rings. The third kappa shape index (κ3) is 46.0. The Labute approximate surface area is 558 Å². The molecule has 0 bridgehead atoms. The fourth-order valence-corrected chi connectivity index (χ4v) is 14.0. The van der Waals surface area contributed by atoms with Gasteiger partial charge in [0.25, 0.3) is 0 Å². The Balaban J connectivity index is 0.00000116. The molecule has 0 saturated carbocycles. The molecule has 0 aliphatic heterocycles. The zero-order valence-corrected chi connectivity index (χ0v) is 61.5. The summed E-state index contributed by atoms with van der Waals surface area (Å²) < 4.78 is 134. The van der Waals surface area contributed by atoms with Crippen LogP contribution in [0.3, 0.4) is 0 Å². The first-order chi connectivity index (χ1) is 42.2. The molecule has 0 saturated heterocycles. The molecule has 4 aromatic rings. The first-order valence-electron chi connectivity index (χ1n) is 34.4. The Bertz CT molecular complexity index is 2430. The van der Waals surface area contributed by atoms with Crippen molar-refractivity contribution in [3.8, 4) is 0 Å². The zero-order valence-electron chi connectivity index (χ0n) is 55.3. The van der Waals surface area contributed by atoms with E-state index in [9.17, 15) is 51.9 Å². The van der Waals surface area contributed by atoms with E-state index in [1.54, 1.807) is 72.8 Å². The molecule has 89 heavy (non-hydrogen) atoms. The first kappa shape index (κ1) is 86.2. The number of hydrogen-bond acceptors (Lipinski definition) is 12. The van der Waals surface area contributed by atoms with Crippen molar-refractivity contribution < 1.29 is 72.9 Å². The number of benzene rings is 4. The quantitative estimate of drug-likeness (QED) is 0.0297. The van der Waals surface area contributed by atoms with Crippen LogP contribution in [0.2, 0.25) is 0 Å². The summed E-state index contributed by atoms with van der Waals surface area (Å²) in [6.07, 6.45) is 52.6. The summed E-state index contributed by atoms with van der Waals surface area (Å²) >= 11 is 0. The van der Waals surface area contributed by atoms with Gasteiger partial charge in [-0.3, -0.25) is 0 Å². The summed E-state index contributed by atoms with van der Waals surface area (Å²) in [6, 6.07) is 26.2. The van der Waals surface area contributed by atoms with Gasteiger partial charge in [-0.1, -0.05) is 332 Å². The predicted molar refractivity (Wildman–Crippen MR) is 360 cm³/mol. The molecule has 0 unspecified atom stereocenters. The van der Waals surface area contributed by atoms with Crippen LogP contribution in [-0.2, 0) is 87.2 Å². The van der Waals surface area contributed by atoms with E-state index in [0.717, 1.165) is 51.4 Å². The molecule has 4 rings (SSSR count). The van der Waals surface area contributed by atoms with Crippen LogP contribution in [0, 0.1) is 0 Å².